The monoisotopic (exact) mass is 309 g/mol. The van der Waals surface area contributed by atoms with Gasteiger partial charge in [-0.15, -0.1) is 0 Å². The lowest BCUT2D eigenvalue weighted by molar-refractivity contribution is 0.108. The van der Waals surface area contributed by atoms with E-state index in [0.717, 1.165) is 0 Å². The second kappa shape index (κ2) is 5.35. The second-order valence-electron chi connectivity index (χ2n) is 4.24. The summed E-state index contributed by atoms with van der Waals surface area (Å²) in [7, 11) is -3.60. The molecule has 0 spiro atoms. The highest BCUT2D eigenvalue weighted by Crippen LogP contribution is 2.27. The highest BCUT2D eigenvalue weighted by Gasteiger charge is 2.29. The van der Waals surface area contributed by atoms with Crippen LogP contribution in [0.25, 0.3) is 0 Å². The van der Waals surface area contributed by atoms with Gasteiger partial charge in [0.2, 0.25) is 10.0 Å². The average molecular weight is 310 g/mol. The van der Waals surface area contributed by atoms with Gasteiger partial charge in [0, 0.05) is 13.1 Å². The Bertz CT molecular complexity index is 547. The molecule has 100 valence electrons. The molecule has 0 unspecified atom stereocenters. The Morgan fingerprint density at radius 3 is 2.61 bits per heavy atom. The molecule has 2 rings (SSSR count). The summed E-state index contributed by atoms with van der Waals surface area (Å²) >= 11 is 11.6. The maximum Gasteiger partial charge on any atom is 0.243 e. The van der Waals surface area contributed by atoms with E-state index in [1.54, 1.807) is 0 Å². The molecule has 1 fully saturated rings. The van der Waals surface area contributed by atoms with E-state index in [4.69, 9.17) is 23.2 Å². The van der Waals surface area contributed by atoms with Gasteiger partial charge in [0.1, 0.15) is 0 Å². The maximum absolute atomic E-state index is 12.3. The lowest BCUT2D eigenvalue weighted by Gasteiger charge is -2.29. The molecule has 1 aromatic carbocycles. The van der Waals surface area contributed by atoms with Gasteiger partial charge in [0.15, 0.2) is 0 Å². The van der Waals surface area contributed by atoms with Crippen molar-refractivity contribution >= 4 is 33.2 Å². The van der Waals surface area contributed by atoms with E-state index < -0.39 is 16.1 Å². The third kappa shape index (κ3) is 2.81. The Labute approximate surface area is 116 Å². The topological polar surface area (TPSA) is 57.6 Å². The molecule has 1 saturated heterocycles. The minimum absolute atomic E-state index is 0.103. The van der Waals surface area contributed by atoms with E-state index in [2.05, 4.69) is 0 Å². The van der Waals surface area contributed by atoms with Crippen molar-refractivity contribution in [2.75, 3.05) is 13.1 Å². The smallest absolute Gasteiger partial charge is 0.243 e. The minimum Gasteiger partial charge on any atom is -0.392 e. The van der Waals surface area contributed by atoms with E-state index in [9.17, 15) is 13.5 Å². The van der Waals surface area contributed by atoms with Gasteiger partial charge in [-0.3, -0.25) is 0 Å². The summed E-state index contributed by atoms with van der Waals surface area (Å²) in [6.07, 6.45) is 0.686. The van der Waals surface area contributed by atoms with Crippen molar-refractivity contribution in [3.05, 3.63) is 28.2 Å². The Balaban J connectivity index is 2.32. The summed E-state index contributed by atoms with van der Waals surface area (Å²) in [4.78, 5) is 0.103. The van der Waals surface area contributed by atoms with Crippen molar-refractivity contribution in [1.29, 1.82) is 0 Å². The van der Waals surface area contributed by atoms with Crippen LogP contribution in [-0.2, 0) is 10.0 Å². The molecule has 0 amide bonds. The third-order valence-electron chi connectivity index (χ3n) is 2.89. The van der Waals surface area contributed by atoms with E-state index in [1.165, 1.54) is 22.5 Å². The van der Waals surface area contributed by atoms with Crippen LogP contribution < -0.4 is 0 Å². The molecule has 18 heavy (non-hydrogen) atoms. The van der Waals surface area contributed by atoms with Crippen molar-refractivity contribution in [3.8, 4) is 0 Å². The molecule has 1 heterocycles. The molecule has 1 N–H and O–H groups in total. The van der Waals surface area contributed by atoms with E-state index in [-0.39, 0.29) is 16.5 Å². The van der Waals surface area contributed by atoms with Gasteiger partial charge in [-0.2, -0.15) is 4.31 Å². The van der Waals surface area contributed by atoms with Crippen LogP contribution in [0.1, 0.15) is 12.8 Å². The molecule has 0 radical (unpaired) electrons. The Morgan fingerprint density at radius 2 is 2.00 bits per heavy atom. The molecule has 1 aliphatic heterocycles. The van der Waals surface area contributed by atoms with Crippen LogP contribution >= 0.6 is 23.2 Å². The number of hydrogen-bond donors (Lipinski definition) is 1. The summed E-state index contributed by atoms with van der Waals surface area (Å²) in [6.45, 7) is 0.544. The number of benzene rings is 1. The molecule has 1 atom stereocenters. The fourth-order valence-corrected chi connectivity index (χ4v) is 3.83. The molecular weight excluding hydrogens is 297 g/mol. The van der Waals surface area contributed by atoms with Gasteiger partial charge in [-0.05, 0) is 31.0 Å². The zero-order valence-electron chi connectivity index (χ0n) is 9.51. The number of hydrogen-bond acceptors (Lipinski definition) is 3. The van der Waals surface area contributed by atoms with Gasteiger partial charge in [-0.1, -0.05) is 23.2 Å². The van der Waals surface area contributed by atoms with Crippen LogP contribution in [0.5, 0.6) is 0 Å². The lowest BCUT2D eigenvalue weighted by Crippen LogP contribution is -2.42. The van der Waals surface area contributed by atoms with Gasteiger partial charge < -0.3 is 5.11 Å². The van der Waals surface area contributed by atoms with Crippen LogP contribution in [0.15, 0.2) is 23.1 Å². The van der Waals surface area contributed by atoms with Crippen LogP contribution in [-0.4, -0.2) is 37.0 Å². The van der Waals surface area contributed by atoms with Crippen LogP contribution in [0.4, 0.5) is 0 Å². The third-order valence-corrected chi connectivity index (χ3v) is 5.49. The molecule has 0 aliphatic carbocycles. The van der Waals surface area contributed by atoms with Crippen molar-refractivity contribution in [1.82, 2.24) is 4.31 Å². The molecule has 1 aliphatic rings. The van der Waals surface area contributed by atoms with Gasteiger partial charge in [0.25, 0.3) is 0 Å². The highest BCUT2D eigenvalue weighted by atomic mass is 35.5. The normalized spacial score (nSPS) is 22.1. The fraction of sp³-hybridized carbons (Fsp3) is 0.455. The van der Waals surface area contributed by atoms with Crippen LogP contribution in [0, 0.1) is 0 Å². The van der Waals surface area contributed by atoms with E-state index >= 15 is 0 Å². The number of sulfonamides is 1. The highest BCUT2D eigenvalue weighted by molar-refractivity contribution is 7.89. The summed E-state index contributed by atoms with van der Waals surface area (Å²) < 4.78 is 25.9. The molecule has 7 heteroatoms. The van der Waals surface area contributed by atoms with Crippen LogP contribution in [0.2, 0.25) is 10.0 Å². The molecule has 0 aromatic heterocycles. The number of nitrogens with zero attached hydrogens (tertiary/aromatic N) is 1. The SMILES string of the molecule is O=S(=O)(c1ccc(Cl)c(Cl)c1)N1CCC[C@H](O)C1. The number of rotatable bonds is 2. The van der Waals surface area contributed by atoms with Crippen molar-refractivity contribution in [2.45, 2.75) is 23.8 Å². The standard InChI is InChI=1S/C11H13Cl2NO3S/c12-10-4-3-9(6-11(10)13)18(16,17)14-5-1-2-8(15)7-14/h3-4,6,8,15H,1-2,5,7H2/t8-/m0/s1. The van der Waals surface area contributed by atoms with Crippen LogP contribution in [0.3, 0.4) is 0 Å². The summed E-state index contributed by atoms with van der Waals surface area (Å²) in [5, 5.41) is 10.1. The molecule has 1 aromatic rings. The van der Waals surface area contributed by atoms with Gasteiger partial charge >= 0.3 is 0 Å². The predicted octanol–water partition coefficient (Wildman–Crippen LogP) is 2.14. The summed E-state index contributed by atoms with van der Waals surface area (Å²) in [5.41, 5.74) is 0. The quantitative estimate of drug-likeness (QED) is 0.910. The van der Waals surface area contributed by atoms with Crippen molar-refractivity contribution in [3.63, 3.8) is 0 Å². The zero-order chi connectivity index (χ0) is 13.3. The first-order valence-corrected chi connectivity index (χ1v) is 7.74. The summed E-state index contributed by atoms with van der Waals surface area (Å²) in [5.74, 6) is 0. The van der Waals surface area contributed by atoms with Gasteiger partial charge in [-0.25, -0.2) is 8.42 Å². The first kappa shape index (κ1) is 14.1. The molecule has 0 bridgehead atoms. The summed E-state index contributed by atoms with van der Waals surface area (Å²) in [6, 6.07) is 4.21. The largest absolute Gasteiger partial charge is 0.392 e. The number of β-amino-alcohol motifs (C(OH)–C–C–N with tert-alkyl or cyclic N) is 1. The predicted molar refractivity (Wildman–Crippen MR) is 70.5 cm³/mol. The van der Waals surface area contributed by atoms with Gasteiger partial charge in [0.05, 0.1) is 21.0 Å². The number of halogens is 2. The average Bonchev–Trinajstić information content (AvgIpc) is 2.32. The Kier molecular flexibility index (Phi) is 4.18. The molecular formula is C11H13Cl2NO3S. The Hall–Kier alpha value is -0.330. The number of aliphatic hydroxyl groups is 1. The van der Waals surface area contributed by atoms with E-state index in [1.807, 2.05) is 0 Å². The zero-order valence-corrected chi connectivity index (χ0v) is 11.8. The number of aliphatic hydroxyl groups excluding tert-OH is 1. The maximum atomic E-state index is 12.3. The molecule has 4 nitrogen and oxygen atoms in total. The fourth-order valence-electron chi connectivity index (χ4n) is 1.93. The number of piperidine rings is 1. The van der Waals surface area contributed by atoms with Crippen molar-refractivity contribution < 1.29 is 13.5 Å². The second-order valence-corrected chi connectivity index (χ2v) is 6.99. The minimum atomic E-state index is -3.60. The Morgan fingerprint density at radius 1 is 1.28 bits per heavy atom. The first-order valence-electron chi connectivity index (χ1n) is 5.54. The molecule has 0 saturated carbocycles. The lowest BCUT2D eigenvalue weighted by atomic mass is 10.1. The van der Waals surface area contributed by atoms with E-state index in [0.29, 0.717) is 24.4 Å². The first-order chi connectivity index (χ1) is 8.41. The van der Waals surface area contributed by atoms with Crippen molar-refractivity contribution in [2.24, 2.45) is 0 Å².